The van der Waals surface area contributed by atoms with Crippen LogP contribution in [0.5, 0.6) is 0 Å². The topological polar surface area (TPSA) is 72.4 Å². The summed E-state index contributed by atoms with van der Waals surface area (Å²) in [7, 11) is 0. The van der Waals surface area contributed by atoms with Crippen LogP contribution in [-0.4, -0.2) is 36.0 Å². The van der Waals surface area contributed by atoms with Crippen LogP contribution >= 0.6 is 0 Å². The monoisotopic (exact) mass is 211 g/mol. The Morgan fingerprint density at radius 3 is 2.33 bits per heavy atom. The Balaban J connectivity index is 1.70. The fourth-order valence-corrected chi connectivity index (χ4v) is 2.73. The smallest absolute Gasteiger partial charge is 0.217 e. The van der Waals surface area contributed by atoms with Crippen molar-refractivity contribution in [2.24, 2.45) is 17.4 Å². The number of carbonyl (C=O) groups excluding carboxylic acids is 1. The molecular weight excluding hydrogens is 190 g/mol. The van der Waals surface area contributed by atoms with E-state index in [0.717, 1.165) is 44.8 Å². The fraction of sp³-hybridized carbons (Fsp3) is 0.909. The molecule has 4 heteroatoms. The molecule has 86 valence electrons. The molecule has 2 rings (SSSR count). The quantitative estimate of drug-likeness (QED) is 0.693. The van der Waals surface area contributed by atoms with Gasteiger partial charge in [0.2, 0.25) is 5.91 Å². The van der Waals surface area contributed by atoms with E-state index < -0.39 is 0 Å². The maximum atomic E-state index is 10.8. The van der Waals surface area contributed by atoms with Gasteiger partial charge in [-0.05, 0) is 44.7 Å². The minimum Gasteiger partial charge on any atom is -0.370 e. The van der Waals surface area contributed by atoms with E-state index in [0.29, 0.717) is 18.4 Å². The summed E-state index contributed by atoms with van der Waals surface area (Å²) < 4.78 is 0. The number of hydrogen-bond donors (Lipinski definition) is 2. The van der Waals surface area contributed by atoms with E-state index in [-0.39, 0.29) is 5.91 Å². The first-order chi connectivity index (χ1) is 7.15. The van der Waals surface area contributed by atoms with Gasteiger partial charge in [0.05, 0.1) is 0 Å². The van der Waals surface area contributed by atoms with Crippen molar-refractivity contribution in [1.29, 1.82) is 0 Å². The Morgan fingerprint density at radius 2 is 1.87 bits per heavy atom. The molecule has 0 bridgehead atoms. The van der Waals surface area contributed by atoms with Crippen molar-refractivity contribution in [1.82, 2.24) is 4.90 Å². The van der Waals surface area contributed by atoms with Gasteiger partial charge in [0.25, 0.3) is 0 Å². The second-order valence-corrected chi connectivity index (χ2v) is 5.04. The number of amides is 1. The third-order valence-corrected chi connectivity index (χ3v) is 3.81. The molecule has 1 amide bonds. The summed E-state index contributed by atoms with van der Waals surface area (Å²) in [6, 6.07) is 1.15. The highest BCUT2D eigenvalue weighted by molar-refractivity contribution is 5.73. The van der Waals surface area contributed by atoms with E-state index in [1.54, 1.807) is 0 Å². The number of likely N-dealkylation sites (tertiary alicyclic amines) is 1. The van der Waals surface area contributed by atoms with Gasteiger partial charge in [-0.15, -0.1) is 0 Å². The largest absolute Gasteiger partial charge is 0.370 e. The maximum absolute atomic E-state index is 10.8. The van der Waals surface area contributed by atoms with Crippen molar-refractivity contribution in [2.75, 3.05) is 13.1 Å². The van der Waals surface area contributed by atoms with Gasteiger partial charge >= 0.3 is 0 Å². The second kappa shape index (κ2) is 4.49. The molecule has 1 saturated carbocycles. The molecule has 0 aromatic carbocycles. The Morgan fingerprint density at radius 1 is 1.27 bits per heavy atom. The molecule has 1 saturated heterocycles. The van der Waals surface area contributed by atoms with Crippen molar-refractivity contribution in [3.8, 4) is 0 Å². The first-order valence-corrected chi connectivity index (χ1v) is 5.93. The molecule has 2 aliphatic rings. The van der Waals surface area contributed by atoms with Crippen molar-refractivity contribution in [3.05, 3.63) is 0 Å². The molecule has 4 N–H and O–H groups in total. The normalized spacial score (nSPS) is 33.7. The average molecular weight is 211 g/mol. The average Bonchev–Trinajstić information content (AvgIpc) is 2.14. The van der Waals surface area contributed by atoms with Crippen LogP contribution < -0.4 is 11.5 Å². The Kier molecular flexibility index (Phi) is 3.26. The van der Waals surface area contributed by atoms with Gasteiger partial charge in [-0.25, -0.2) is 0 Å². The molecule has 0 atom stereocenters. The van der Waals surface area contributed by atoms with Crippen molar-refractivity contribution < 1.29 is 4.79 Å². The van der Waals surface area contributed by atoms with Gasteiger partial charge in [-0.2, -0.15) is 0 Å². The van der Waals surface area contributed by atoms with Crippen LogP contribution in [0.2, 0.25) is 0 Å². The van der Waals surface area contributed by atoms with E-state index in [2.05, 4.69) is 4.90 Å². The van der Waals surface area contributed by atoms with E-state index in [9.17, 15) is 4.79 Å². The Hall–Kier alpha value is -0.610. The summed E-state index contributed by atoms with van der Waals surface area (Å²) >= 11 is 0. The first-order valence-electron chi connectivity index (χ1n) is 5.93. The highest BCUT2D eigenvalue weighted by atomic mass is 16.1. The molecule has 1 heterocycles. The molecule has 2 fully saturated rings. The van der Waals surface area contributed by atoms with Crippen LogP contribution in [0.1, 0.15) is 32.1 Å². The molecule has 1 aliphatic carbocycles. The van der Waals surface area contributed by atoms with Gasteiger partial charge in [0.15, 0.2) is 0 Å². The molecule has 0 aromatic heterocycles. The van der Waals surface area contributed by atoms with Crippen LogP contribution in [0.3, 0.4) is 0 Å². The predicted octanol–water partition coefficient (Wildman–Crippen LogP) is 0.0635. The van der Waals surface area contributed by atoms with Crippen LogP contribution in [0.25, 0.3) is 0 Å². The summed E-state index contributed by atoms with van der Waals surface area (Å²) in [6.07, 6.45) is 5.11. The van der Waals surface area contributed by atoms with Crippen LogP contribution in [0, 0.1) is 5.92 Å². The summed E-state index contributed by atoms with van der Waals surface area (Å²) in [5.74, 6) is 0.367. The minimum atomic E-state index is -0.154. The van der Waals surface area contributed by atoms with Crippen molar-refractivity contribution in [3.63, 3.8) is 0 Å². The number of nitrogens with zero attached hydrogens (tertiary/aromatic N) is 1. The summed E-state index contributed by atoms with van der Waals surface area (Å²) in [5.41, 5.74) is 11.0. The van der Waals surface area contributed by atoms with Gasteiger partial charge in [-0.1, -0.05) is 0 Å². The molecular formula is C11H21N3O. The Labute approximate surface area is 91.0 Å². The summed E-state index contributed by atoms with van der Waals surface area (Å²) in [4.78, 5) is 13.3. The highest BCUT2D eigenvalue weighted by Crippen LogP contribution is 2.29. The summed E-state index contributed by atoms with van der Waals surface area (Å²) in [5, 5.41) is 0. The number of primary amides is 1. The van der Waals surface area contributed by atoms with Crippen LogP contribution in [0.15, 0.2) is 0 Å². The zero-order chi connectivity index (χ0) is 10.8. The number of piperidine rings is 1. The molecule has 0 spiro atoms. The molecule has 15 heavy (non-hydrogen) atoms. The fourth-order valence-electron chi connectivity index (χ4n) is 2.73. The van der Waals surface area contributed by atoms with Crippen LogP contribution in [0.4, 0.5) is 0 Å². The van der Waals surface area contributed by atoms with E-state index in [4.69, 9.17) is 11.5 Å². The van der Waals surface area contributed by atoms with Gasteiger partial charge in [0.1, 0.15) is 0 Å². The summed E-state index contributed by atoms with van der Waals surface area (Å²) in [6.45, 7) is 2.24. The zero-order valence-electron chi connectivity index (χ0n) is 9.19. The molecule has 0 radical (unpaired) electrons. The minimum absolute atomic E-state index is 0.154. The standard InChI is InChI=1S/C11H21N3O/c12-9-6-10(7-9)14-3-1-8(2-4-14)5-11(13)15/h8-10H,1-7,12H2,(H2,13,15). The maximum Gasteiger partial charge on any atom is 0.217 e. The number of rotatable bonds is 3. The van der Waals surface area contributed by atoms with Crippen LogP contribution in [-0.2, 0) is 4.79 Å². The zero-order valence-corrected chi connectivity index (χ0v) is 9.19. The molecule has 0 unspecified atom stereocenters. The SMILES string of the molecule is NC(=O)CC1CCN(C2CC(N)C2)CC1. The third kappa shape index (κ3) is 2.69. The van der Waals surface area contributed by atoms with Crippen molar-refractivity contribution in [2.45, 2.75) is 44.2 Å². The molecule has 0 aromatic rings. The lowest BCUT2D eigenvalue weighted by Gasteiger charge is -2.44. The second-order valence-electron chi connectivity index (χ2n) is 5.04. The van der Waals surface area contributed by atoms with E-state index in [1.165, 1.54) is 0 Å². The lowest BCUT2D eigenvalue weighted by molar-refractivity contribution is -0.119. The molecule has 4 nitrogen and oxygen atoms in total. The molecule has 1 aliphatic heterocycles. The number of nitrogens with two attached hydrogens (primary N) is 2. The van der Waals surface area contributed by atoms with Gasteiger partial charge in [0, 0.05) is 18.5 Å². The van der Waals surface area contributed by atoms with E-state index >= 15 is 0 Å². The Bertz CT molecular complexity index is 230. The van der Waals surface area contributed by atoms with Gasteiger partial charge in [-0.3, -0.25) is 4.79 Å². The number of carbonyl (C=O) groups is 1. The van der Waals surface area contributed by atoms with E-state index in [1.807, 2.05) is 0 Å². The lowest BCUT2D eigenvalue weighted by atomic mass is 9.83. The lowest BCUT2D eigenvalue weighted by Crippen LogP contribution is -2.52. The first kappa shape index (κ1) is 10.9. The number of hydrogen-bond acceptors (Lipinski definition) is 3. The predicted molar refractivity (Wildman–Crippen MR) is 59.1 cm³/mol. The van der Waals surface area contributed by atoms with Crippen molar-refractivity contribution >= 4 is 5.91 Å². The highest BCUT2D eigenvalue weighted by Gasteiger charge is 2.33. The van der Waals surface area contributed by atoms with Gasteiger partial charge < -0.3 is 16.4 Å². The third-order valence-electron chi connectivity index (χ3n) is 3.81.